The van der Waals surface area contributed by atoms with Crippen molar-refractivity contribution in [3.63, 3.8) is 0 Å². The van der Waals surface area contributed by atoms with Crippen LogP contribution in [0.2, 0.25) is 0 Å². The highest BCUT2D eigenvalue weighted by molar-refractivity contribution is 6.19. The predicted molar refractivity (Wildman–Crippen MR) is 122 cm³/mol. The van der Waals surface area contributed by atoms with E-state index in [0.29, 0.717) is 0 Å². The Hall–Kier alpha value is -4.58. The van der Waals surface area contributed by atoms with E-state index >= 15 is 0 Å². The summed E-state index contributed by atoms with van der Waals surface area (Å²) in [5, 5.41) is 23.1. The molecular weight excluding hydrogens is 404 g/mol. The molecule has 0 N–H and O–H groups in total. The van der Waals surface area contributed by atoms with Gasteiger partial charge in [-0.15, -0.1) is 0 Å². The molecule has 4 aromatic rings. The first-order valence-corrected chi connectivity index (χ1v) is 10.1. The van der Waals surface area contributed by atoms with Crippen LogP contribution >= 0.6 is 0 Å². The molecule has 6 rings (SSSR count). The summed E-state index contributed by atoms with van der Waals surface area (Å²) in [6, 6.07) is 25.6. The van der Waals surface area contributed by atoms with Crippen LogP contribution in [0.5, 0.6) is 0 Å². The number of benzene rings is 4. The number of nitro benzene ring substituents is 2. The first kappa shape index (κ1) is 18.2. The van der Waals surface area contributed by atoms with E-state index in [1.807, 2.05) is 48.5 Å². The molecule has 4 aromatic carbocycles. The van der Waals surface area contributed by atoms with E-state index < -0.39 is 9.85 Å². The van der Waals surface area contributed by atoms with Crippen LogP contribution in [0.3, 0.4) is 0 Å². The lowest BCUT2D eigenvalue weighted by Crippen LogP contribution is -1.94. The Bertz CT molecular complexity index is 1420. The maximum absolute atomic E-state index is 11.5. The van der Waals surface area contributed by atoms with Crippen LogP contribution in [-0.4, -0.2) is 9.85 Å². The minimum Gasteiger partial charge on any atom is -0.258 e. The maximum atomic E-state index is 11.5. The number of hydrogen-bond acceptors (Lipinski definition) is 4. The van der Waals surface area contributed by atoms with Crippen LogP contribution in [0, 0.1) is 20.2 Å². The first-order chi connectivity index (χ1) is 15.5. The van der Waals surface area contributed by atoms with Gasteiger partial charge in [0.15, 0.2) is 0 Å². The lowest BCUT2D eigenvalue weighted by atomic mass is 9.91. The number of rotatable bonds is 2. The highest BCUT2D eigenvalue weighted by Gasteiger charge is 2.33. The predicted octanol–water partition coefficient (Wildman–Crippen LogP) is 6.47. The molecule has 0 heterocycles. The third-order valence-corrected chi connectivity index (χ3v) is 6.19. The molecule has 2 aliphatic rings. The fourth-order valence-electron chi connectivity index (χ4n) is 4.88. The lowest BCUT2D eigenvalue weighted by molar-refractivity contribution is -0.385. The van der Waals surface area contributed by atoms with Gasteiger partial charge in [-0.25, -0.2) is 0 Å². The van der Waals surface area contributed by atoms with E-state index in [4.69, 9.17) is 0 Å². The largest absolute Gasteiger partial charge is 0.270 e. The Morgan fingerprint density at radius 1 is 0.438 bits per heavy atom. The molecule has 0 spiro atoms. The summed E-state index contributed by atoms with van der Waals surface area (Å²) in [6.07, 6.45) is 0. The molecule has 0 unspecified atom stereocenters. The first-order valence-electron chi connectivity index (χ1n) is 10.1. The minimum absolute atomic E-state index is 0.0141. The van der Waals surface area contributed by atoms with E-state index in [-0.39, 0.29) is 11.4 Å². The van der Waals surface area contributed by atoms with Crippen molar-refractivity contribution in [1.82, 2.24) is 0 Å². The van der Waals surface area contributed by atoms with Crippen LogP contribution in [0.25, 0.3) is 33.4 Å². The van der Waals surface area contributed by atoms with Crippen molar-refractivity contribution in [3.8, 4) is 22.3 Å². The molecule has 0 aliphatic heterocycles. The van der Waals surface area contributed by atoms with Gasteiger partial charge in [0.05, 0.1) is 9.85 Å². The van der Waals surface area contributed by atoms with Crippen molar-refractivity contribution in [2.75, 3.05) is 0 Å². The van der Waals surface area contributed by atoms with E-state index in [2.05, 4.69) is 0 Å². The van der Waals surface area contributed by atoms with Gasteiger partial charge in [0, 0.05) is 24.3 Å². The SMILES string of the molecule is O=[N+]([O-])c1ccc2c(c1)/C(=C1/c3ccccc3-c3ccc([N+](=O)[O-])cc31)c1ccccc1-2. The topological polar surface area (TPSA) is 86.3 Å². The normalized spacial score (nSPS) is 15.0. The quantitative estimate of drug-likeness (QED) is 0.238. The van der Waals surface area contributed by atoms with Gasteiger partial charge in [-0.2, -0.15) is 0 Å². The summed E-state index contributed by atoms with van der Waals surface area (Å²) in [5.74, 6) is 0. The number of nitrogens with zero attached hydrogens (tertiary/aromatic N) is 2. The van der Waals surface area contributed by atoms with Crippen LogP contribution in [0.15, 0.2) is 84.9 Å². The zero-order chi connectivity index (χ0) is 22.0. The third-order valence-electron chi connectivity index (χ3n) is 6.19. The molecule has 152 valence electrons. The van der Waals surface area contributed by atoms with Crippen LogP contribution in [0.4, 0.5) is 11.4 Å². The molecular formula is C26H14N2O4. The fourth-order valence-corrected chi connectivity index (χ4v) is 4.88. The Morgan fingerprint density at radius 2 is 0.781 bits per heavy atom. The zero-order valence-electron chi connectivity index (χ0n) is 16.6. The minimum atomic E-state index is -0.396. The van der Waals surface area contributed by atoms with Crippen LogP contribution in [0.1, 0.15) is 22.3 Å². The molecule has 0 atom stereocenters. The second-order valence-electron chi connectivity index (χ2n) is 7.82. The zero-order valence-corrected chi connectivity index (χ0v) is 16.6. The van der Waals surface area contributed by atoms with Gasteiger partial charge < -0.3 is 0 Å². The smallest absolute Gasteiger partial charge is 0.258 e. The fraction of sp³-hybridized carbons (Fsp3) is 0. The Morgan fingerprint density at radius 3 is 1.16 bits per heavy atom. The summed E-state index contributed by atoms with van der Waals surface area (Å²) in [5.41, 5.74) is 9.06. The summed E-state index contributed by atoms with van der Waals surface area (Å²) >= 11 is 0. The Labute approximate surface area is 182 Å². The number of fused-ring (bicyclic) bond motifs is 6. The van der Waals surface area contributed by atoms with Crippen molar-refractivity contribution in [2.24, 2.45) is 0 Å². The van der Waals surface area contributed by atoms with E-state index in [1.165, 1.54) is 12.1 Å². The summed E-state index contributed by atoms with van der Waals surface area (Å²) in [4.78, 5) is 22.3. The Balaban J connectivity index is 1.78. The van der Waals surface area contributed by atoms with E-state index in [9.17, 15) is 20.2 Å². The van der Waals surface area contributed by atoms with Gasteiger partial charge in [-0.3, -0.25) is 20.2 Å². The van der Waals surface area contributed by atoms with Crippen LogP contribution in [-0.2, 0) is 0 Å². The monoisotopic (exact) mass is 418 g/mol. The molecule has 0 radical (unpaired) electrons. The molecule has 0 bridgehead atoms. The van der Waals surface area contributed by atoms with Gasteiger partial charge in [0.1, 0.15) is 0 Å². The third kappa shape index (κ3) is 2.40. The lowest BCUT2D eigenvalue weighted by Gasteiger charge is -2.11. The standard InChI is InChI=1S/C26H14N2O4/c29-27(30)15-9-11-19-17-5-1-3-7-21(17)25(23(19)13-15)26-22-8-4-2-6-18(22)20-12-10-16(28(31)32)14-24(20)26/h1-14H/b26-25-. The van der Waals surface area contributed by atoms with Gasteiger partial charge >= 0.3 is 0 Å². The average Bonchev–Trinajstić information content (AvgIpc) is 3.30. The molecule has 6 heteroatoms. The summed E-state index contributed by atoms with van der Waals surface area (Å²) in [7, 11) is 0. The summed E-state index contributed by atoms with van der Waals surface area (Å²) in [6.45, 7) is 0. The van der Waals surface area contributed by atoms with Crippen molar-refractivity contribution >= 4 is 22.5 Å². The molecule has 0 saturated heterocycles. The number of nitro groups is 2. The summed E-state index contributed by atoms with van der Waals surface area (Å²) < 4.78 is 0. The molecule has 0 amide bonds. The van der Waals surface area contributed by atoms with Crippen molar-refractivity contribution in [3.05, 3.63) is 127 Å². The molecule has 0 aromatic heterocycles. The molecule has 6 nitrogen and oxygen atoms in total. The van der Waals surface area contributed by atoms with E-state index in [1.54, 1.807) is 24.3 Å². The van der Waals surface area contributed by atoms with Gasteiger partial charge in [0.25, 0.3) is 11.4 Å². The average molecular weight is 418 g/mol. The number of non-ortho nitro benzene ring substituents is 2. The van der Waals surface area contributed by atoms with Gasteiger partial charge in [-0.05, 0) is 67.8 Å². The van der Waals surface area contributed by atoms with Crippen LogP contribution < -0.4 is 0 Å². The highest BCUT2D eigenvalue weighted by Crippen LogP contribution is 2.54. The molecule has 32 heavy (non-hydrogen) atoms. The number of hydrogen-bond donors (Lipinski definition) is 0. The molecule has 0 saturated carbocycles. The van der Waals surface area contributed by atoms with E-state index in [0.717, 1.165) is 55.7 Å². The van der Waals surface area contributed by atoms with Gasteiger partial charge in [-0.1, -0.05) is 48.5 Å². The molecule has 0 fully saturated rings. The highest BCUT2D eigenvalue weighted by atomic mass is 16.6. The Kier molecular flexibility index (Phi) is 3.67. The molecule has 2 aliphatic carbocycles. The second kappa shape index (κ2) is 6.46. The van der Waals surface area contributed by atoms with Crippen molar-refractivity contribution < 1.29 is 9.85 Å². The van der Waals surface area contributed by atoms with Gasteiger partial charge in [0.2, 0.25) is 0 Å². The maximum Gasteiger partial charge on any atom is 0.270 e. The second-order valence-corrected chi connectivity index (χ2v) is 7.82. The van der Waals surface area contributed by atoms with Crippen molar-refractivity contribution in [2.45, 2.75) is 0 Å². The van der Waals surface area contributed by atoms with Crippen molar-refractivity contribution in [1.29, 1.82) is 0 Å².